The van der Waals surface area contributed by atoms with Crippen molar-refractivity contribution in [1.82, 2.24) is 4.90 Å². The summed E-state index contributed by atoms with van der Waals surface area (Å²) in [6.07, 6.45) is 8.81. The molecule has 2 aliphatic carbocycles. The third kappa shape index (κ3) is 3.65. The van der Waals surface area contributed by atoms with Crippen LogP contribution in [-0.4, -0.2) is 23.4 Å². The Balaban J connectivity index is 1.74. The first-order valence-electron chi connectivity index (χ1n) is 8.38. The summed E-state index contributed by atoms with van der Waals surface area (Å²) in [5.74, 6) is 0.969. The topological polar surface area (TPSA) is 46.3 Å². The van der Waals surface area contributed by atoms with Crippen LogP contribution in [0.2, 0.25) is 0 Å². The van der Waals surface area contributed by atoms with Gasteiger partial charge in [0.1, 0.15) is 0 Å². The Kier molecular flexibility index (Phi) is 4.59. The molecule has 0 unspecified atom stereocenters. The maximum absolute atomic E-state index is 12.9. The Morgan fingerprint density at radius 1 is 1.05 bits per heavy atom. The number of amides is 1. The fourth-order valence-corrected chi connectivity index (χ4v) is 3.32. The summed E-state index contributed by atoms with van der Waals surface area (Å²) in [6.45, 7) is 1.49. The van der Waals surface area contributed by atoms with Gasteiger partial charge in [-0.2, -0.15) is 0 Å². The van der Waals surface area contributed by atoms with E-state index in [1.165, 1.54) is 44.9 Å². The van der Waals surface area contributed by atoms with Crippen LogP contribution in [0.1, 0.15) is 60.9 Å². The molecule has 114 valence electrons. The molecule has 2 aliphatic rings. The Morgan fingerprint density at radius 3 is 2.29 bits per heavy atom. The van der Waals surface area contributed by atoms with Crippen molar-refractivity contribution >= 4 is 5.91 Å². The summed E-state index contributed by atoms with van der Waals surface area (Å²) in [4.78, 5) is 15.1. The van der Waals surface area contributed by atoms with E-state index < -0.39 is 0 Å². The molecule has 0 aromatic heterocycles. The standard InChI is InChI=1S/C18H26N2O/c19-12-14-8-10-16(11-9-14)18(21)20(13-15-6-7-15)17-4-2-1-3-5-17/h8-11,15,17H,1-7,12-13,19H2. The van der Waals surface area contributed by atoms with Crippen LogP contribution in [0, 0.1) is 5.92 Å². The van der Waals surface area contributed by atoms with E-state index >= 15 is 0 Å². The summed E-state index contributed by atoms with van der Waals surface area (Å²) in [5.41, 5.74) is 7.53. The zero-order valence-electron chi connectivity index (χ0n) is 12.8. The number of hydrogen-bond donors (Lipinski definition) is 1. The second-order valence-electron chi connectivity index (χ2n) is 6.59. The summed E-state index contributed by atoms with van der Waals surface area (Å²) in [5, 5.41) is 0. The van der Waals surface area contributed by atoms with Gasteiger partial charge in [0.05, 0.1) is 0 Å². The van der Waals surface area contributed by atoms with E-state index in [2.05, 4.69) is 4.90 Å². The fourth-order valence-electron chi connectivity index (χ4n) is 3.32. The molecule has 3 heteroatoms. The van der Waals surface area contributed by atoms with Crippen LogP contribution < -0.4 is 5.73 Å². The van der Waals surface area contributed by atoms with Crippen molar-refractivity contribution in [3.63, 3.8) is 0 Å². The van der Waals surface area contributed by atoms with Gasteiger partial charge in [0.15, 0.2) is 0 Å². The van der Waals surface area contributed by atoms with Crippen molar-refractivity contribution < 1.29 is 4.79 Å². The van der Waals surface area contributed by atoms with Crippen LogP contribution in [0.3, 0.4) is 0 Å². The highest BCUT2D eigenvalue weighted by Crippen LogP contribution is 2.33. The molecule has 0 saturated heterocycles. The molecule has 2 saturated carbocycles. The highest BCUT2D eigenvalue weighted by Gasteiger charge is 2.32. The monoisotopic (exact) mass is 286 g/mol. The fraction of sp³-hybridized carbons (Fsp3) is 0.611. The first-order valence-corrected chi connectivity index (χ1v) is 8.38. The van der Waals surface area contributed by atoms with Crippen molar-refractivity contribution in [3.05, 3.63) is 35.4 Å². The van der Waals surface area contributed by atoms with E-state index in [4.69, 9.17) is 5.73 Å². The molecule has 0 bridgehead atoms. The van der Waals surface area contributed by atoms with E-state index in [1.54, 1.807) is 0 Å². The smallest absolute Gasteiger partial charge is 0.254 e. The molecule has 1 aromatic carbocycles. The van der Waals surface area contributed by atoms with Gasteiger partial charge in [-0.25, -0.2) is 0 Å². The molecule has 0 aliphatic heterocycles. The van der Waals surface area contributed by atoms with E-state index in [-0.39, 0.29) is 5.91 Å². The summed E-state index contributed by atoms with van der Waals surface area (Å²) >= 11 is 0. The van der Waals surface area contributed by atoms with Crippen molar-refractivity contribution in [2.75, 3.05) is 6.54 Å². The van der Waals surface area contributed by atoms with Gasteiger partial charge < -0.3 is 10.6 Å². The third-order valence-electron chi connectivity index (χ3n) is 4.86. The van der Waals surface area contributed by atoms with Gasteiger partial charge >= 0.3 is 0 Å². The van der Waals surface area contributed by atoms with Gasteiger partial charge in [0.25, 0.3) is 5.91 Å². The molecular weight excluding hydrogens is 260 g/mol. The third-order valence-corrected chi connectivity index (χ3v) is 4.86. The predicted molar refractivity (Wildman–Crippen MR) is 85.0 cm³/mol. The quantitative estimate of drug-likeness (QED) is 0.902. The SMILES string of the molecule is NCc1ccc(C(=O)N(CC2CC2)C2CCCCC2)cc1. The minimum Gasteiger partial charge on any atom is -0.335 e. The van der Waals surface area contributed by atoms with E-state index in [9.17, 15) is 4.79 Å². The minimum absolute atomic E-state index is 0.220. The highest BCUT2D eigenvalue weighted by molar-refractivity contribution is 5.94. The number of benzene rings is 1. The molecule has 2 N–H and O–H groups in total. The van der Waals surface area contributed by atoms with Crippen LogP contribution in [0.4, 0.5) is 0 Å². The lowest BCUT2D eigenvalue weighted by Gasteiger charge is -2.34. The van der Waals surface area contributed by atoms with Crippen LogP contribution in [0.25, 0.3) is 0 Å². The summed E-state index contributed by atoms with van der Waals surface area (Å²) in [7, 11) is 0. The van der Waals surface area contributed by atoms with Gasteiger partial charge in [-0.15, -0.1) is 0 Å². The number of rotatable bonds is 5. The Hall–Kier alpha value is -1.35. The average molecular weight is 286 g/mol. The highest BCUT2D eigenvalue weighted by atomic mass is 16.2. The van der Waals surface area contributed by atoms with Crippen molar-refractivity contribution in [3.8, 4) is 0 Å². The van der Waals surface area contributed by atoms with Gasteiger partial charge in [-0.3, -0.25) is 4.79 Å². The molecule has 3 nitrogen and oxygen atoms in total. The molecule has 0 heterocycles. The Labute approximate surface area is 127 Å². The number of nitrogens with two attached hydrogens (primary N) is 1. The summed E-state index contributed by atoms with van der Waals surface area (Å²) < 4.78 is 0. The van der Waals surface area contributed by atoms with E-state index in [1.807, 2.05) is 24.3 Å². The van der Waals surface area contributed by atoms with Crippen LogP contribution in [-0.2, 0) is 6.54 Å². The van der Waals surface area contributed by atoms with Crippen molar-refractivity contribution in [1.29, 1.82) is 0 Å². The van der Waals surface area contributed by atoms with Crippen LogP contribution >= 0.6 is 0 Å². The zero-order chi connectivity index (χ0) is 14.7. The molecule has 1 aromatic rings. The predicted octanol–water partition coefficient (Wildman–Crippen LogP) is 3.33. The van der Waals surface area contributed by atoms with Gasteiger partial charge in [-0.05, 0) is 49.3 Å². The molecule has 0 spiro atoms. The lowest BCUT2D eigenvalue weighted by atomic mass is 9.93. The Bertz CT molecular complexity index is 472. The molecule has 2 fully saturated rings. The molecule has 21 heavy (non-hydrogen) atoms. The number of hydrogen-bond acceptors (Lipinski definition) is 2. The first kappa shape index (κ1) is 14.6. The molecule has 1 amide bonds. The van der Waals surface area contributed by atoms with Crippen molar-refractivity contribution in [2.24, 2.45) is 11.7 Å². The molecular formula is C18H26N2O. The lowest BCUT2D eigenvalue weighted by molar-refractivity contribution is 0.0622. The van der Waals surface area contributed by atoms with Gasteiger partial charge in [0.2, 0.25) is 0 Å². The summed E-state index contributed by atoms with van der Waals surface area (Å²) in [6, 6.07) is 8.29. The minimum atomic E-state index is 0.220. The second-order valence-corrected chi connectivity index (χ2v) is 6.59. The number of carbonyl (C=O) groups excluding carboxylic acids is 1. The van der Waals surface area contributed by atoms with E-state index in [0.717, 1.165) is 23.6 Å². The Morgan fingerprint density at radius 2 is 1.71 bits per heavy atom. The zero-order valence-corrected chi connectivity index (χ0v) is 12.8. The molecule has 3 rings (SSSR count). The normalized spacial score (nSPS) is 19.5. The maximum atomic E-state index is 12.9. The van der Waals surface area contributed by atoms with E-state index in [0.29, 0.717) is 12.6 Å². The van der Waals surface area contributed by atoms with Gasteiger partial charge in [0, 0.05) is 24.7 Å². The molecule has 0 radical (unpaired) electrons. The van der Waals surface area contributed by atoms with Crippen LogP contribution in [0.5, 0.6) is 0 Å². The van der Waals surface area contributed by atoms with Crippen molar-refractivity contribution in [2.45, 2.75) is 57.5 Å². The largest absolute Gasteiger partial charge is 0.335 e. The lowest BCUT2D eigenvalue weighted by Crippen LogP contribution is -2.42. The number of carbonyl (C=O) groups is 1. The molecule has 0 atom stereocenters. The average Bonchev–Trinajstić information content (AvgIpc) is 3.37. The second kappa shape index (κ2) is 6.61. The maximum Gasteiger partial charge on any atom is 0.254 e. The van der Waals surface area contributed by atoms with Gasteiger partial charge in [-0.1, -0.05) is 31.4 Å². The van der Waals surface area contributed by atoms with Crippen LogP contribution in [0.15, 0.2) is 24.3 Å². The number of nitrogens with zero attached hydrogens (tertiary/aromatic N) is 1. The first-order chi connectivity index (χ1) is 10.3.